The fourth-order valence-corrected chi connectivity index (χ4v) is 2.45. The lowest BCUT2D eigenvalue weighted by atomic mass is 10.1. The molecule has 0 spiro atoms. The Morgan fingerprint density at radius 1 is 1.33 bits per heavy atom. The summed E-state index contributed by atoms with van der Waals surface area (Å²) in [5.74, 6) is -2.73. The summed E-state index contributed by atoms with van der Waals surface area (Å²) >= 11 is 0. The van der Waals surface area contributed by atoms with Crippen LogP contribution < -0.4 is 10.0 Å². The quantitative estimate of drug-likeness (QED) is 0.603. The van der Waals surface area contributed by atoms with E-state index in [4.69, 9.17) is 0 Å². The van der Waals surface area contributed by atoms with Crippen LogP contribution in [0.5, 0.6) is 0 Å². The molecule has 4 amide bonds. The van der Waals surface area contributed by atoms with Gasteiger partial charge >= 0.3 is 6.03 Å². The first-order valence-electron chi connectivity index (χ1n) is 5.42. The van der Waals surface area contributed by atoms with Gasteiger partial charge in [-0.2, -0.15) is 0 Å². The molecule has 2 N–H and O–H groups in total. The molecule has 0 aromatic rings. The summed E-state index contributed by atoms with van der Waals surface area (Å²) in [4.78, 5) is 34.9. The van der Waals surface area contributed by atoms with Gasteiger partial charge in [-0.15, -0.1) is 0 Å². The van der Waals surface area contributed by atoms with Crippen LogP contribution in [0.2, 0.25) is 0 Å². The zero-order valence-corrected chi connectivity index (χ0v) is 10.9. The monoisotopic (exact) mass is 277 g/mol. The molecule has 1 saturated heterocycles. The highest BCUT2D eigenvalue weighted by atomic mass is 32.2. The summed E-state index contributed by atoms with van der Waals surface area (Å²) in [5.41, 5.74) is 0. The minimum Gasteiger partial charge on any atom is -0.277 e. The van der Waals surface area contributed by atoms with Crippen LogP contribution in [-0.4, -0.2) is 50.0 Å². The Morgan fingerprint density at radius 3 is 2.50 bits per heavy atom. The standard InChI is InChI=1S/C9H15N3O5S/c1-3-10-18(16,17)5-4-12-8(14)6(2)7(13)11-9(12)15/h6,10H,3-5H2,1-2H3,(H,11,13,15). The van der Waals surface area contributed by atoms with Gasteiger partial charge in [0.05, 0.1) is 5.75 Å². The molecule has 0 bridgehead atoms. The number of rotatable bonds is 5. The predicted octanol–water partition coefficient (Wildman–Crippen LogP) is -1.36. The Labute approximate surface area is 105 Å². The predicted molar refractivity (Wildman–Crippen MR) is 61.9 cm³/mol. The van der Waals surface area contributed by atoms with Crippen LogP contribution in [0.3, 0.4) is 0 Å². The van der Waals surface area contributed by atoms with Crippen molar-refractivity contribution < 1.29 is 22.8 Å². The van der Waals surface area contributed by atoms with Gasteiger partial charge in [0.2, 0.25) is 21.8 Å². The lowest BCUT2D eigenvalue weighted by Crippen LogP contribution is -2.58. The average Bonchev–Trinajstić information content (AvgIpc) is 2.25. The van der Waals surface area contributed by atoms with Gasteiger partial charge in [-0.05, 0) is 6.92 Å². The molecule has 1 aliphatic rings. The van der Waals surface area contributed by atoms with Crippen molar-refractivity contribution >= 4 is 27.9 Å². The molecule has 1 heterocycles. The molecule has 0 aromatic heterocycles. The van der Waals surface area contributed by atoms with Crippen molar-refractivity contribution in [3.05, 3.63) is 0 Å². The molecule has 102 valence electrons. The third-order valence-corrected chi connectivity index (χ3v) is 3.90. The summed E-state index contributed by atoms with van der Waals surface area (Å²) in [7, 11) is -3.52. The van der Waals surface area contributed by atoms with Crippen molar-refractivity contribution in [3.8, 4) is 0 Å². The second-order valence-corrected chi connectivity index (χ2v) is 5.75. The number of carbonyl (C=O) groups excluding carboxylic acids is 3. The molecule has 9 heteroatoms. The highest BCUT2D eigenvalue weighted by Gasteiger charge is 2.37. The van der Waals surface area contributed by atoms with Crippen LogP contribution in [0, 0.1) is 5.92 Å². The number of nitrogens with zero attached hydrogens (tertiary/aromatic N) is 1. The van der Waals surface area contributed by atoms with E-state index in [9.17, 15) is 22.8 Å². The zero-order valence-electron chi connectivity index (χ0n) is 10.1. The number of hydrogen-bond acceptors (Lipinski definition) is 5. The van der Waals surface area contributed by atoms with E-state index in [1.165, 1.54) is 6.92 Å². The smallest absolute Gasteiger partial charge is 0.277 e. The van der Waals surface area contributed by atoms with Gasteiger partial charge < -0.3 is 0 Å². The molecule has 1 unspecified atom stereocenters. The van der Waals surface area contributed by atoms with Crippen LogP contribution in [0.15, 0.2) is 0 Å². The maximum Gasteiger partial charge on any atom is 0.330 e. The second-order valence-electron chi connectivity index (χ2n) is 3.82. The average molecular weight is 277 g/mol. The van der Waals surface area contributed by atoms with E-state index in [1.807, 2.05) is 5.32 Å². The van der Waals surface area contributed by atoms with Crippen LogP contribution in [0.1, 0.15) is 13.8 Å². The van der Waals surface area contributed by atoms with Crippen molar-refractivity contribution in [3.63, 3.8) is 0 Å². The van der Waals surface area contributed by atoms with Gasteiger partial charge in [-0.3, -0.25) is 19.8 Å². The Bertz CT molecular complexity index is 473. The normalized spacial score (nSPS) is 21.1. The Kier molecular flexibility index (Phi) is 4.41. The van der Waals surface area contributed by atoms with E-state index >= 15 is 0 Å². The van der Waals surface area contributed by atoms with Crippen molar-refractivity contribution in [2.45, 2.75) is 13.8 Å². The molecule has 0 aromatic carbocycles. The van der Waals surface area contributed by atoms with Gasteiger partial charge in [0.15, 0.2) is 0 Å². The Balaban J connectivity index is 2.70. The van der Waals surface area contributed by atoms with E-state index in [2.05, 4.69) is 4.72 Å². The first kappa shape index (κ1) is 14.6. The Morgan fingerprint density at radius 2 is 1.94 bits per heavy atom. The molecule has 1 fully saturated rings. The van der Waals surface area contributed by atoms with Crippen LogP contribution >= 0.6 is 0 Å². The minimum absolute atomic E-state index is 0.233. The number of nitrogens with one attached hydrogen (secondary N) is 2. The molecular weight excluding hydrogens is 262 g/mol. The first-order chi connectivity index (χ1) is 8.28. The van der Waals surface area contributed by atoms with Crippen LogP contribution in [0.25, 0.3) is 0 Å². The zero-order chi connectivity index (χ0) is 13.9. The molecule has 8 nitrogen and oxygen atoms in total. The summed E-state index contributed by atoms with van der Waals surface area (Å²) < 4.78 is 25.0. The van der Waals surface area contributed by atoms with Gasteiger partial charge in [0, 0.05) is 13.1 Å². The van der Waals surface area contributed by atoms with Gasteiger partial charge in [0.1, 0.15) is 5.92 Å². The highest BCUT2D eigenvalue weighted by molar-refractivity contribution is 7.89. The fourth-order valence-electron chi connectivity index (χ4n) is 1.44. The summed E-state index contributed by atoms with van der Waals surface area (Å²) in [6.07, 6.45) is 0. The fraction of sp³-hybridized carbons (Fsp3) is 0.667. The van der Waals surface area contributed by atoms with E-state index in [-0.39, 0.29) is 18.8 Å². The van der Waals surface area contributed by atoms with E-state index in [0.29, 0.717) is 0 Å². The molecule has 1 rings (SSSR count). The maximum atomic E-state index is 11.6. The molecule has 0 radical (unpaired) electrons. The van der Waals surface area contributed by atoms with Crippen LogP contribution in [-0.2, 0) is 19.6 Å². The summed E-state index contributed by atoms with van der Waals surface area (Å²) in [6, 6.07) is -0.880. The SMILES string of the molecule is CCNS(=O)(=O)CCN1C(=O)NC(=O)C(C)C1=O. The third-order valence-electron chi connectivity index (χ3n) is 2.45. The van der Waals surface area contributed by atoms with Crippen molar-refractivity contribution in [1.29, 1.82) is 0 Å². The molecule has 1 atom stereocenters. The molecular formula is C9H15N3O5S. The lowest BCUT2D eigenvalue weighted by molar-refractivity contribution is -0.141. The van der Waals surface area contributed by atoms with E-state index in [1.54, 1.807) is 6.92 Å². The molecule has 0 saturated carbocycles. The minimum atomic E-state index is -3.52. The van der Waals surface area contributed by atoms with E-state index in [0.717, 1.165) is 4.90 Å². The van der Waals surface area contributed by atoms with Crippen molar-refractivity contribution in [2.24, 2.45) is 5.92 Å². The molecule has 18 heavy (non-hydrogen) atoms. The van der Waals surface area contributed by atoms with Gasteiger partial charge in [-0.1, -0.05) is 6.92 Å². The summed E-state index contributed by atoms with van der Waals surface area (Å²) in [6.45, 7) is 2.93. The largest absolute Gasteiger partial charge is 0.330 e. The lowest BCUT2D eigenvalue weighted by Gasteiger charge is -2.28. The number of amides is 4. The van der Waals surface area contributed by atoms with Gasteiger partial charge in [0.25, 0.3) is 0 Å². The van der Waals surface area contributed by atoms with Crippen molar-refractivity contribution in [2.75, 3.05) is 18.8 Å². The van der Waals surface area contributed by atoms with E-state index < -0.39 is 33.8 Å². The summed E-state index contributed by atoms with van der Waals surface area (Å²) in [5, 5.41) is 1.99. The molecule has 1 aliphatic heterocycles. The second kappa shape index (κ2) is 5.44. The number of carbonyl (C=O) groups is 3. The van der Waals surface area contributed by atoms with Crippen molar-refractivity contribution in [1.82, 2.24) is 14.9 Å². The number of imide groups is 2. The van der Waals surface area contributed by atoms with Gasteiger partial charge in [-0.25, -0.2) is 17.9 Å². The topological polar surface area (TPSA) is 113 Å². The Hall–Kier alpha value is -1.48. The number of sulfonamides is 1. The number of urea groups is 1. The van der Waals surface area contributed by atoms with Crippen LogP contribution in [0.4, 0.5) is 4.79 Å². The first-order valence-corrected chi connectivity index (χ1v) is 7.07. The number of hydrogen-bond donors (Lipinski definition) is 2. The number of barbiturate groups is 1. The third kappa shape index (κ3) is 3.26. The molecule has 0 aliphatic carbocycles. The maximum absolute atomic E-state index is 11.6. The highest BCUT2D eigenvalue weighted by Crippen LogP contribution is 2.09.